The number of oxazole rings is 1. The monoisotopic (exact) mass is 428 g/mol. The molecule has 1 aliphatic rings. The Morgan fingerprint density at radius 2 is 2.13 bits per heavy atom. The quantitative estimate of drug-likeness (QED) is 0.510. The van der Waals surface area contributed by atoms with Crippen LogP contribution in [0.5, 0.6) is 0 Å². The lowest BCUT2D eigenvalue weighted by Gasteiger charge is -2.33. The van der Waals surface area contributed by atoms with Crippen LogP contribution in [-0.2, 0) is 6.42 Å². The van der Waals surface area contributed by atoms with Gasteiger partial charge in [0.2, 0.25) is 11.7 Å². The smallest absolute Gasteiger partial charge is 0.292 e. The molecule has 0 unspecified atom stereocenters. The number of hydrogen-bond acceptors (Lipinski definition) is 6. The summed E-state index contributed by atoms with van der Waals surface area (Å²) in [6, 6.07) is 8.45. The van der Waals surface area contributed by atoms with Gasteiger partial charge in [0.25, 0.3) is 12.3 Å². The summed E-state index contributed by atoms with van der Waals surface area (Å²) in [6.07, 6.45) is -2.28. The Kier molecular flexibility index (Phi) is 4.58. The van der Waals surface area contributed by atoms with E-state index in [2.05, 4.69) is 15.0 Å². The Hall–Kier alpha value is -3.53. The zero-order chi connectivity index (χ0) is 21.7. The Morgan fingerprint density at radius 3 is 2.87 bits per heavy atom. The maximum absolute atomic E-state index is 13.6. The minimum atomic E-state index is -3.04. The topological polar surface area (TPSA) is 108 Å². The van der Waals surface area contributed by atoms with Gasteiger partial charge in [-0.05, 0) is 19.1 Å². The number of amides is 1. The lowest BCUT2D eigenvalue weighted by molar-refractivity contribution is 0.0617. The number of alkyl halides is 2. The fraction of sp³-hybridized carbons (Fsp3) is 0.286. The minimum Gasteiger partial charge on any atom is -0.458 e. The van der Waals surface area contributed by atoms with Crippen molar-refractivity contribution in [3.63, 3.8) is 0 Å². The molecule has 2 N–H and O–H groups in total. The maximum atomic E-state index is 13.6. The summed E-state index contributed by atoms with van der Waals surface area (Å²) >= 11 is 0. The molecule has 8 nitrogen and oxygen atoms in total. The van der Waals surface area contributed by atoms with Gasteiger partial charge in [-0.15, -0.1) is 0 Å². The van der Waals surface area contributed by atoms with E-state index in [4.69, 9.17) is 8.83 Å². The van der Waals surface area contributed by atoms with Gasteiger partial charge < -0.3 is 23.8 Å². The molecule has 3 aromatic heterocycles. The number of H-pyrrole nitrogens is 1. The van der Waals surface area contributed by atoms with Crippen molar-refractivity contribution in [2.45, 2.75) is 31.9 Å². The standard InChI is InChI=1S/C21H18F2N4O4/c1-10(28)20-26-16(19(22)23)18(31-20)21(29)27-7-6-12-15(25-9-24-12)17(27)14-8-11-4-2-3-5-13(11)30-14/h2-5,8-10,17,19,28H,6-7H2,1H3,(H,24,25)/t10-,17+/m0/s1. The normalized spacial score (nSPS) is 17.3. The number of aromatic amines is 1. The summed E-state index contributed by atoms with van der Waals surface area (Å²) in [5.74, 6) is -1.24. The van der Waals surface area contributed by atoms with Gasteiger partial charge in [0.1, 0.15) is 23.5 Å². The number of fused-ring (bicyclic) bond motifs is 2. The lowest BCUT2D eigenvalue weighted by Crippen LogP contribution is -2.40. The van der Waals surface area contributed by atoms with E-state index < -0.39 is 35.9 Å². The second kappa shape index (κ2) is 7.31. The van der Waals surface area contributed by atoms with Gasteiger partial charge >= 0.3 is 0 Å². The van der Waals surface area contributed by atoms with Gasteiger partial charge in [0, 0.05) is 24.0 Å². The first-order valence-electron chi connectivity index (χ1n) is 9.72. The number of carbonyl (C=O) groups excluding carboxylic acids is 1. The summed E-state index contributed by atoms with van der Waals surface area (Å²) in [6.45, 7) is 1.55. The van der Waals surface area contributed by atoms with E-state index in [0.717, 1.165) is 11.1 Å². The van der Waals surface area contributed by atoms with E-state index in [1.54, 1.807) is 12.1 Å². The van der Waals surface area contributed by atoms with Crippen molar-refractivity contribution in [1.82, 2.24) is 19.9 Å². The number of para-hydroxylation sites is 1. The molecule has 2 atom stereocenters. The van der Waals surface area contributed by atoms with Crippen LogP contribution in [0.1, 0.15) is 64.8 Å². The third-order valence-electron chi connectivity index (χ3n) is 5.33. The highest BCUT2D eigenvalue weighted by molar-refractivity contribution is 5.93. The Balaban J connectivity index is 1.61. The van der Waals surface area contributed by atoms with Crippen LogP contribution in [0.3, 0.4) is 0 Å². The van der Waals surface area contributed by atoms with Crippen molar-refractivity contribution in [2.24, 2.45) is 0 Å². The van der Waals surface area contributed by atoms with Gasteiger partial charge in [-0.1, -0.05) is 18.2 Å². The van der Waals surface area contributed by atoms with E-state index in [1.165, 1.54) is 18.2 Å². The number of imidazole rings is 1. The highest BCUT2D eigenvalue weighted by Gasteiger charge is 2.40. The lowest BCUT2D eigenvalue weighted by atomic mass is 9.99. The van der Waals surface area contributed by atoms with Crippen LogP contribution in [-0.4, -0.2) is 37.4 Å². The van der Waals surface area contributed by atoms with Crippen LogP contribution in [0, 0.1) is 0 Å². The zero-order valence-corrected chi connectivity index (χ0v) is 16.4. The Labute approximate surface area is 174 Å². The number of rotatable bonds is 4. The van der Waals surface area contributed by atoms with E-state index in [0.29, 0.717) is 23.5 Å². The number of benzene rings is 1. The number of halogens is 2. The van der Waals surface area contributed by atoms with Crippen molar-refractivity contribution in [2.75, 3.05) is 6.54 Å². The number of nitrogens with zero attached hydrogens (tertiary/aromatic N) is 3. The molecule has 31 heavy (non-hydrogen) atoms. The van der Waals surface area contributed by atoms with Crippen molar-refractivity contribution in [1.29, 1.82) is 0 Å². The highest BCUT2D eigenvalue weighted by atomic mass is 19.3. The van der Waals surface area contributed by atoms with Crippen LogP contribution < -0.4 is 0 Å². The van der Waals surface area contributed by atoms with E-state index in [1.807, 2.05) is 18.2 Å². The average molecular weight is 428 g/mol. The van der Waals surface area contributed by atoms with Crippen LogP contribution in [0.25, 0.3) is 11.0 Å². The molecule has 5 rings (SSSR count). The van der Waals surface area contributed by atoms with E-state index in [-0.39, 0.29) is 12.4 Å². The SMILES string of the molecule is C[C@H](O)c1nc(C(F)F)c(C(=O)N2CCc3[nH]cnc3[C@H]2c2cc3ccccc3o2)o1. The number of nitrogens with one attached hydrogen (secondary N) is 1. The number of aromatic nitrogens is 3. The molecule has 1 aliphatic heterocycles. The fourth-order valence-corrected chi connectivity index (χ4v) is 3.88. The van der Waals surface area contributed by atoms with E-state index in [9.17, 15) is 18.7 Å². The summed E-state index contributed by atoms with van der Waals surface area (Å²) in [7, 11) is 0. The molecule has 0 bridgehead atoms. The first-order valence-corrected chi connectivity index (χ1v) is 9.72. The van der Waals surface area contributed by atoms with Crippen LogP contribution in [0.4, 0.5) is 8.78 Å². The first kappa shape index (κ1) is 19.4. The molecule has 1 amide bonds. The van der Waals surface area contributed by atoms with Crippen molar-refractivity contribution >= 4 is 16.9 Å². The molecule has 4 heterocycles. The molecular weight excluding hydrogens is 410 g/mol. The average Bonchev–Trinajstić information content (AvgIpc) is 3.49. The largest absolute Gasteiger partial charge is 0.458 e. The third-order valence-corrected chi connectivity index (χ3v) is 5.33. The Bertz CT molecular complexity index is 1230. The number of carbonyl (C=O) groups is 1. The van der Waals surface area contributed by atoms with Gasteiger partial charge in [-0.2, -0.15) is 0 Å². The molecule has 0 saturated heterocycles. The predicted molar refractivity (Wildman–Crippen MR) is 103 cm³/mol. The number of aliphatic hydroxyl groups is 1. The van der Waals surface area contributed by atoms with Crippen LogP contribution in [0.2, 0.25) is 0 Å². The molecule has 0 spiro atoms. The third kappa shape index (κ3) is 3.19. The summed E-state index contributed by atoms with van der Waals surface area (Å²) in [5, 5.41) is 10.5. The number of furan rings is 1. The molecule has 0 fully saturated rings. The van der Waals surface area contributed by atoms with Crippen molar-refractivity contribution in [3.8, 4) is 0 Å². The highest BCUT2D eigenvalue weighted by Crippen LogP contribution is 2.38. The second-order valence-electron chi connectivity index (χ2n) is 7.35. The fourth-order valence-electron chi connectivity index (χ4n) is 3.88. The van der Waals surface area contributed by atoms with Gasteiger partial charge in [-0.25, -0.2) is 18.7 Å². The summed E-state index contributed by atoms with van der Waals surface area (Å²) in [4.78, 5) is 25.8. The molecule has 0 aliphatic carbocycles. The van der Waals surface area contributed by atoms with Gasteiger partial charge in [0.05, 0.1) is 12.0 Å². The summed E-state index contributed by atoms with van der Waals surface area (Å²) < 4.78 is 38.4. The van der Waals surface area contributed by atoms with E-state index >= 15 is 0 Å². The predicted octanol–water partition coefficient (Wildman–Crippen LogP) is 3.92. The number of aliphatic hydroxyl groups excluding tert-OH is 1. The van der Waals surface area contributed by atoms with Gasteiger partial charge in [0.15, 0.2) is 5.69 Å². The minimum absolute atomic E-state index is 0.225. The zero-order valence-electron chi connectivity index (χ0n) is 16.4. The number of hydrogen-bond donors (Lipinski definition) is 2. The maximum Gasteiger partial charge on any atom is 0.292 e. The van der Waals surface area contributed by atoms with Crippen LogP contribution in [0.15, 0.2) is 45.5 Å². The molecule has 10 heteroatoms. The molecular formula is C21H18F2N4O4. The molecule has 1 aromatic carbocycles. The molecule has 0 radical (unpaired) electrons. The second-order valence-corrected chi connectivity index (χ2v) is 7.35. The molecule has 160 valence electrons. The van der Waals surface area contributed by atoms with Crippen molar-refractivity contribution < 1.29 is 27.5 Å². The first-order chi connectivity index (χ1) is 14.9. The summed E-state index contributed by atoms with van der Waals surface area (Å²) in [5.41, 5.74) is 1.26. The van der Waals surface area contributed by atoms with Gasteiger partial charge in [-0.3, -0.25) is 4.79 Å². The van der Waals surface area contributed by atoms with Crippen LogP contribution >= 0.6 is 0 Å². The van der Waals surface area contributed by atoms with Crippen molar-refractivity contribution in [3.05, 3.63) is 71.2 Å². The Morgan fingerprint density at radius 1 is 1.32 bits per heavy atom. The molecule has 4 aromatic rings. The molecule has 0 saturated carbocycles.